The summed E-state index contributed by atoms with van der Waals surface area (Å²) in [7, 11) is 0. The first-order valence-electron chi connectivity index (χ1n) is 40.0. The molecule has 17 rings (SSSR count). The molecule has 0 fully saturated rings. The summed E-state index contributed by atoms with van der Waals surface area (Å²) >= 11 is 0. The number of fused-ring (bicyclic) bond motifs is 3. The number of benzene rings is 15. The molecule has 0 N–H and O–H groups in total. The quantitative estimate of drug-likeness (QED) is 0.0793. The normalized spacial score (nSPS) is 11.7. The number of aromatic nitrogens is 2. The molecule has 118 heavy (non-hydrogen) atoms. The van der Waals surface area contributed by atoms with E-state index in [0.29, 0.717) is 22.3 Å². The molecule has 8 nitrogen and oxygen atoms in total. The van der Waals surface area contributed by atoms with Gasteiger partial charge in [0.1, 0.15) is 17.2 Å². The average Bonchev–Trinajstić information content (AvgIpc) is 1.53. The second kappa shape index (κ2) is 34.1. The highest BCUT2D eigenvalue weighted by Crippen LogP contribution is 2.53. The topological polar surface area (TPSA) is 64.9 Å². The molecule has 582 valence electrons. The van der Waals surface area contributed by atoms with E-state index in [1.165, 1.54) is 104 Å². The Balaban J connectivity index is 0.000000159. The lowest BCUT2D eigenvalue weighted by atomic mass is 9.77. The maximum atomic E-state index is 13.6. The molecule has 16 aromatic rings. The van der Waals surface area contributed by atoms with Crippen LogP contribution in [-0.4, -0.2) is 21.3 Å². The largest absolute Gasteiger partial charge is 0.311 e. The minimum Gasteiger partial charge on any atom is -0.311 e. The van der Waals surface area contributed by atoms with Crippen molar-refractivity contribution in [2.24, 2.45) is 0 Å². The van der Waals surface area contributed by atoms with Gasteiger partial charge in [0.05, 0.1) is 11.4 Å². The minimum atomic E-state index is -0.719. The summed E-state index contributed by atoms with van der Waals surface area (Å²) in [5, 5.41) is 5.52. The van der Waals surface area contributed by atoms with Gasteiger partial charge in [-0.3, -0.25) is 9.59 Å². The highest BCUT2D eigenvalue weighted by Gasteiger charge is 2.48. The first kappa shape index (κ1) is 79.2. The molecule has 10 heteroatoms. The fourth-order valence-electron chi connectivity index (χ4n) is 15.2. The Hall–Kier alpha value is -14.1. The van der Waals surface area contributed by atoms with E-state index in [9.17, 15) is 18.4 Å². The van der Waals surface area contributed by atoms with Crippen LogP contribution in [0.25, 0.3) is 11.3 Å². The van der Waals surface area contributed by atoms with Gasteiger partial charge in [-0.1, -0.05) is 211 Å². The molecule has 1 aliphatic rings. The maximum Gasteiger partial charge on any atom is 0.193 e. The van der Waals surface area contributed by atoms with Crippen LogP contribution in [0.5, 0.6) is 0 Å². The molecule has 0 saturated heterocycles. The molecule has 0 aliphatic carbocycles. The zero-order chi connectivity index (χ0) is 82.4. The first-order chi connectivity index (χ1) is 57.0. The van der Waals surface area contributed by atoms with E-state index < -0.39 is 17.2 Å². The zero-order valence-electron chi connectivity index (χ0n) is 68.5. The number of halogens is 2. The summed E-state index contributed by atoms with van der Waals surface area (Å²) in [4.78, 5) is 34.5. The summed E-state index contributed by atoms with van der Waals surface area (Å²) in [6, 6.07) is 125. The van der Waals surface area contributed by atoms with Crippen molar-refractivity contribution >= 4 is 79.8 Å². The standard InChI is InChI=1S/C54H50N4.C41H36N2O.C13H8F2O/c1-37-12-24-43(25-13-37)56(44-26-14-38(2)15-27-44)47-32-20-41(21-33-47)54(50-11-9-8-10-49(50)51-36-52(53(5,6)7)55-58(51)54)42-22-34-48(35-23-42)57(45-28-16-39(3)17-29-45)46-30-18-40(4)19-31-46;1-29-5-17-35(18-6-29)42(36-19-7-30(2)8-20-36)39-25-13-33(14-26-39)41(44)34-15-27-40(28-16-34)43(37-21-9-31(3)10-22-37)38-23-11-32(4)12-24-38;14-11-5-1-9(2-6-11)13(16)10-3-7-12(15)8-4-10/h8-36H,1-7H3;5-28H,1-4H3;1-8H. The van der Waals surface area contributed by atoms with E-state index >= 15 is 0 Å². The monoisotopic (exact) mass is 1540 g/mol. The number of carbonyl (C=O) groups excluding carboxylic acids is 2. The molecule has 0 radical (unpaired) electrons. The van der Waals surface area contributed by atoms with Crippen molar-refractivity contribution in [1.29, 1.82) is 0 Å². The smallest absolute Gasteiger partial charge is 0.193 e. The second-order valence-corrected chi connectivity index (χ2v) is 31.7. The first-order valence-corrected chi connectivity index (χ1v) is 40.0. The van der Waals surface area contributed by atoms with E-state index in [1.807, 2.05) is 48.5 Å². The third-order valence-corrected chi connectivity index (χ3v) is 21.8. The molecule has 0 unspecified atom stereocenters. The van der Waals surface area contributed by atoms with Gasteiger partial charge >= 0.3 is 0 Å². The molecule has 1 aromatic heterocycles. The summed E-state index contributed by atoms with van der Waals surface area (Å²) < 4.78 is 27.6. The Morgan fingerprint density at radius 2 is 0.483 bits per heavy atom. The molecule has 0 amide bonds. The highest BCUT2D eigenvalue weighted by molar-refractivity contribution is 6.10. The molecule has 0 spiro atoms. The van der Waals surface area contributed by atoms with Gasteiger partial charge in [0.2, 0.25) is 0 Å². The molecule has 0 saturated carbocycles. The average molecular weight is 1550 g/mol. The van der Waals surface area contributed by atoms with Gasteiger partial charge in [0, 0.05) is 101 Å². The van der Waals surface area contributed by atoms with Crippen LogP contribution in [0, 0.1) is 67.0 Å². The van der Waals surface area contributed by atoms with E-state index in [1.54, 1.807) is 0 Å². The number of nitrogens with zero attached hydrogens (tertiary/aromatic N) is 6. The van der Waals surface area contributed by atoms with E-state index in [-0.39, 0.29) is 17.0 Å². The number of hydrogen-bond acceptors (Lipinski definition) is 7. The van der Waals surface area contributed by atoms with Gasteiger partial charge < -0.3 is 19.6 Å². The highest BCUT2D eigenvalue weighted by atomic mass is 19.1. The Bertz CT molecular complexity index is 5640. The minimum absolute atomic E-state index is 0.00227. The van der Waals surface area contributed by atoms with Gasteiger partial charge in [-0.2, -0.15) is 5.10 Å². The predicted octanol–water partition coefficient (Wildman–Crippen LogP) is 28.5. The van der Waals surface area contributed by atoms with Crippen LogP contribution in [0.1, 0.15) is 120 Å². The number of rotatable bonds is 18. The van der Waals surface area contributed by atoms with E-state index in [0.717, 1.165) is 90.8 Å². The lowest BCUT2D eigenvalue weighted by molar-refractivity contribution is 0.103. The third kappa shape index (κ3) is 17.0. The van der Waals surface area contributed by atoms with Gasteiger partial charge in [0.25, 0.3) is 0 Å². The Kier molecular flexibility index (Phi) is 22.9. The van der Waals surface area contributed by atoms with Gasteiger partial charge in [-0.15, -0.1) is 0 Å². The molecule has 0 bridgehead atoms. The summed E-state index contributed by atoms with van der Waals surface area (Å²) in [5.41, 5.74) is 30.9. The number of aryl methyl sites for hydroxylation is 8. The third-order valence-electron chi connectivity index (χ3n) is 21.8. The van der Waals surface area contributed by atoms with Gasteiger partial charge in [0.15, 0.2) is 11.6 Å². The number of carbonyl (C=O) groups is 2. The summed E-state index contributed by atoms with van der Waals surface area (Å²) in [6.45, 7) is 23.7. The van der Waals surface area contributed by atoms with Crippen LogP contribution in [0.15, 0.2) is 370 Å². The summed E-state index contributed by atoms with van der Waals surface area (Å²) in [5.74, 6) is -1.04. The van der Waals surface area contributed by atoms with Crippen LogP contribution in [0.4, 0.5) is 77.0 Å². The molecule has 1 aliphatic heterocycles. The number of anilines is 12. The van der Waals surface area contributed by atoms with Crippen LogP contribution in [-0.2, 0) is 11.0 Å². The molecule has 0 atom stereocenters. The summed E-state index contributed by atoms with van der Waals surface area (Å²) in [6.07, 6.45) is 0. The van der Waals surface area contributed by atoms with Crippen molar-refractivity contribution in [3.05, 3.63) is 471 Å². The molecular weight excluding hydrogens is 1450 g/mol. The van der Waals surface area contributed by atoms with Crippen LogP contribution in [0.3, 0.4) is 0 Å². The number of hydrogen-bond donors (Lipinski definition) is 0. The SMILES string of the molecule is Cc1ccc(N(c2ccc(C)cc2)c2ccc(C(=O)c3ccc(N(c4ccc(C)cc4)c4ccc(C)cc4)cc3)cc2)cc1.Cc1ccc(N(c2ccc(C)cc2)c2ccc(C3(c4ccc(N(c5ccc(C)cc5)c5ccc(C)cc5)cc4)c4ccccc4-c4cc(C(C)(C)C)nn43)cc2)cc1.O=C(c1ccc(F)cc1)c1ccc(F)cc1. The molecule has 2 heterocycles. The molecular formula is C108H94F2N6O2. The van der Waals surface area contributed by atoms with Crippen LogP contribution in [0.2, 0.25) is 0 Å². The van der Waals surface area contributed by atoms with Crippen LogP contribution >= 0.6 is 0 Å². The van der Waals surface area contributed by atoms with Crippen molar-refractivity contribution in [3.63, 3.8) is 0 Å². The van der Waals surface area contributed by atoms with Gasteiger partial charge in [-0.05, 0) is 297 Å². The fourth-order valence-corrected chi connectivity index (χ4v) is 15.2. The van der Waals surface area contributed by atoms with E-state index in [4.69, 9.17) is 5.10 Å². The van der Waals surface area contributed by atoms with Gasteiger partial charge in [-0.25, -0.2) is 13.5 Å². The van der Waals surface area contributed by atoms with Crippen molar-refractivity contribution in [2.75, 3.05) is 19.6 Å². The molecule has 15 aromatic carbocycles. The van der Waals surface area contributed by atoms with Crippen molar-refractivity contribution < 1.29 is 18.4 Å². The van der Waals surface area contributed by atoms with Crippen molar-refractivity contribution in [2.45, 2.75) is 87.1 Å². The lowest BCUT2D eigenvalue weighted by Crippen LogP contribution is -2.36. The van der Waals surface area contributed by atoms with Crippen molar-refractivity contribution in [1.82, 2.24) is 9.78 Å². The predicted molar refractivity (Wildman–Crippen MR) is 484 cm³/mol. The Morgan fingerprint density at radius 3 is 0.712 bits per heavy atom. The Labute approximate surface area is 692 Å². The van der Waals surface area contributed by atoms with Crippen LogP contribution < -0.4 is 19.6 Å². The zero-order valence-corrected chi connectivity index (χ0v) is 68.5. The van der Waals surface area contributed by atoms with Crippen molar-refractivity contribution in [3.8, 4) is 11.3 Å². The Morgan fingerprint density at radius 1 is 0.280 bits per heavy atom. The van der Waals surface area contributed by atoms with E-state index in [2.05, 4.69) is 373 Å². The fraction of sp³-hybridized carbons (Fsp3) is 0.120. The maximum absolute atomic E-state index is 13.6. The second-order valence-electron chi connectivity index (χ2n) is 31.7. The lowest BCUT2D eigenvalue weighted by Gasteiger charge is -2.35. The number of ketones is 2.